The highest BCUT2D eigenvalue weighted by Gasteiger charge is 2.37. The summed E-state index contributed by atoms with van der Waals surface area (Å²) in [6.45, 7) is 6.81. The molecule has 1 saturated heterocycles. The first-order chi connectivity index (χ1) is 12.3. The summed E-state index contributed by atoms with van der Waals surface area (Å²) >= 11 is 1.60. The largest absolute Gasteiger partial charge is 0.335 e. The fourth-order valence-electron chi connectivity index (χ4n) is 2.82. The van der Waals surface area contributed by atoms with E-state index < -0.39 is 6.04 Å². The molecule has 0 saturated carbocycles. The summed E-state index contributed by atoms with van der Waals surface area (Å²) in [6.07, 6.45) is 4.09. The zero-order chi connectivity index (χ0) is 19.2. The SMILES string of the molecule is CC(C)(C)CC(=O)N1CSCC1C(=O)N(CCC#N)Cc1cccnc1. The van der Waals surface area contributed by atoms with E-state index in [1.807, 2.05) is 32.9 Å². The molecule has 0 radical (unpaired) electrons. The third-order valence-electron chi connectivity index (χ3n) is 4.07. The zero-order valence-corrected chi connectivity index (χ0v) is 16.5. The van der Waals surface area contributed by atoms with Gasteiger partial charge in [0.2, 0.25) is 11.8 Å². The zero-order valence-electron chi connectivity index (χ0n) is 15.6. The fraction of sp³-hybridized carbons (Fsp3) is 0.579. The smallest absolute Gasteiger partial charge is 0.246 e. The Morgan fingerprint density at radius 2 is 2.23 bits per heavy atom. The molecular formula is C19H26N4O2S. The standard InChI is InChI=1S/C19H26N4O2S/c1-19(2,3)10-17(24)23-14-26-13-16(23)18(25)22(9-5-7-20)12-15-6-4-8-21-11-15/h4,6,8,11,16H,5,9-10,12-14H2,1-3H3. The van der Waals surface area contributed by atoms with Gasteiger partial charge in [0.05, 0.1) is 18.4 Å². The number of carbonyl (C=O) groups is 2. The molecule has 0 aliphatic carbocycles. The molecule has 1 atom stereocenters. The molecule has 6 nitrogen and oxygen atoms in total. The van der Waals surface area contributed by atoms with Gasteiger partial charge < -0.3 is 9.80 Å². The average Bonchev–Trinajstić information content (AvgIpc) is 3.07. The molecule has 0 N–H and O–H groups in total. The molecule has 2 heterocycles. The van der Waals surface area contributed by atoms with Crippen LogP contribution in [-0.2, 0) is 16.1 Å². The maximum atomic E-state index is 13.1. The Morgan fingerprint density at radius 3 is 2.85 bits per heavy atom. The number of nitrogens with zero attached hydrogens (tertiary/aromatic N) is 4. The number of hydrogen-bond acceptors (Lipinski definition) is 5. The number of nitriles is 1. The maximum Gasteiger partial charge on any atom is 0.246 e. The van der Waals surface area contributed by atoms with Crippen molar-refractivity contribution >= 4 is 23.6 Å². The second-order valence-electron chi connectivity index (χ2n) is 7.65. The second-order valence-corrected chi connectivity index (χ2v) is 8.65. The van der Waals surface area contributed by atoms with Gasteiger partial charge in [-0.3, -0.25) is 14.6 Å². The van der Waals surface area contributed by atoms with E-state index in [2.05, 4.69) is 11.1 Å². The first kappa shape index (κ1) is 20.2. The Hall–Kier alpha value is -2.07. The molecule has 1 aliphatic heterocycles. The molecule has 26 heavy (non-hydrogen) atoms. The number of rotatable bonds is 6. The van der Waals surface area contributed by atoms with Crippen LogP contribution in [0, 0.1) is 16.7 Å². The lowest BCUT2D eigenvalue weighted by Gasteiger charge is -2.31. The Labute approximate surface area is 159 Å². The lowest BCUT2D eigenvalue weighted by Crippen LogP contribution is -2.49. The van der Waals surface area contributed by atoms with Crippen molar-refractivity contribution in [1.82, 2.24) is 14.8 Å². The molecule has 2 rings (SSSR count). The van der Waals surface area contributed by atoms with E-state index in [-0.39, 0.29) is 23.7 Å². The summed E-state index contributed by atoms with van der Waals surface area (Å²) in [5, 5.41) is 8.93. The quantitative estimate of drug-likeness (QED) is 0.765. The molecule has 0 aromatic carbocycles. The maximum absolute atomic E-state index is 13.1. The summed E-state index contributed by atoms with van der Waals surface area (Å²) in [4.78, 5) is 33.2. The third kappa shape index (κ3) is 5.73. The Bertz CT molecular complexity index is 666. The van der Waals surface area contributed by atoms with Gasteiger partial charge in [-0.15, -0.1) is 11.8 Å². The number of hydrogen-bond donors (Lipinski definition) is 0. The molecule has 1 aromatic heterocycles. The van der Waals surface area contributed by atoms with Gasteiger partial charge >= 0.3 is 0 Å². The van der Waals surface area contributed by atoms with Crippen molar-refractivity contribution in [3.05, 3.63) is 30.1 Å². The van der Waals surface area contributed by atoms with Gasteiger partial charge in [0, 0.05) is 37.7 Å². The van der Waals surface area contributed by atoms with Crippen molar-refractivity contribution in [2.24, 2.45) is 5.41 Å². The Kier molecular flexibility index (Phi) is 7.04. The molecule has 1 aromatic rings. The molecule has 1 aliphatic rings. The summed E-state index contributed by atoms with van der Waals surface area (Å²) in [6, 6.07) is 5.38. The Morgan fingerprint density at radius 1 is 1.46 bits per heavy atom. The second kappa shape index (κ2) is 9.04. The molecule has 2 amide bonds. The van der Waals surface area contributed by atoms with Crippen LogP contribution in [0.25, 0.3) is 0 Å². The van der Waals surface area contributed by atoms with E-state index in [1.54, 1.807) is 34.0 Å². The number of pyridine rings is 1. The van der Waals surface area contributed by atoms with Crippen LogP contribution < -0.4 is 0 Å². The molecule has 0 spiro atoms. The van der Waals surface area contributed by atoms with Crippen molar-refractivity contribution in [3.8, 4) is 6.07 Å². The van der Waals surface area contributed by atoms with Crippen molar-refractivity contribution < 1.29 is 9.59 Å². The van der Waals surface area contributed by atoms with Crippen LogP contribution in [0.3, 0.4) is 0 Å². The number of amides is 2. The average molecular weight is 375 g/mol. The van der Waals surface area contributed by atoms with Gasteiger partial charge in [-0.25, -0.2) is 0 Å². The van der Waals surface area contributed by atoms with Crippen LogP contribution in [0.2, 0.25) is 0 Å². The molecule has 7 heteroatoms. The lowest BCUT2D eigenvalue weighted by molar-refractivity contribution is -0.144. The summed E-state index contributed by atoms with van der Waals surface area (Å²) in [5.74, 6) is 1.08. The van der Waals surface area contributed by atoms with E-state index in [1.165, 1.54) is 0 Å². The van der Waals surface area contributed by atoms with E-state index in [4.69, 9.17) is 5.26 Å². The van der Waals surface area contributed by atoms with Gasteiger partial charge in [0.1, 0.15) is 6.04 Å². The highest BCUT2D eigenvalue weighted by Crippen LogP contribution is 2.27. The predicted octanol–water partition coefficient (Wildman–Crippen LogP) is 2.66. The van der Waals surface area contributed by atoms with Crippen LogP contribution in [-0.4, -0.2) is 50.8 Å². The summed E-state index contributed by atoms with van der Waals surface area (Å²) < 4.78 is 0. The first-order valence-corrected chi connectivity index (χ1v) is 9.89. The summed E-state index contributed by atoms with van der Waals surface area (Å²) in [5.41, 5.74) is 0.797. The number of thioether (sulfide) groups is 1. The topological polar surface area (TPSA) is 77.3 Å². The third-order valence-corrected chi connectivity index (χ3v) is 5.08. The van der Waals surface area contributed by atoms with Crippen LogP contribution in [0.15, 0.2) is 24.5 Å². The van der Waals surface area contributed by atoms with Gasteiger partial charge in [-0.05, 0) is 17.0 Å². The minimum atomic E-state index is -0.454. The van der Waals surface area contributed by atoms with Crippen molar-refractivity contribution in [1.29, 1.82) is 5.26 Å². The minimum Gasteiger partial charge on any atom is -0.335 e. The van der Waals surface area contributed by atoms with Gasteiger partial charge in [0.15, 0.2) is 0 Å². The highest BCUT2D eigenvalue weighted by atomic mass is 32.2. The highest BCUT2D eigenvalue weighted by molar-refractivity contribution is 7.99. The van der Waals surface area contributed by atoms with Crippen LogP contribution in [0.1, 0.15) is 39.2 Å². The van der Waals surface area contributed by atoms with E-state index in [0.29, 0.717) is 31.1 Å². The van der Waals surface area contributed by atoms with Crippen LogP contribution >= 0.6 is 11.8 Å². The van der Waals surface area contributed by atoms with Crippen molar-refractivity contribution in [2.75, 3.05) is 18.2 Å². The van der Waals surface area contributed by atoms with Crippen molar-refractivity contribution in [2.45, 2.75) is 46.2 Å². The monoisotopic (exact) mass is 374 g/mol. The number of carbonyl (C=O) groups excluding carboxylic acids is 2. The van der Waals surface area contributed by atoms with Crippen LogP contribution in [0.5, 0.6) is 0 Å². The van der Waals surface area contributed by atoms with Gasteiger partial charge in [-0.1, -0.05) is 26.8 Å². The van der Waals surface area contributed by atoms with E-state index >= 15 is 0 Å². The predicted molar refractivity (Wildman–Crippen MR) is 102 cm³/mol. The summed E-state index contributed by atoms with van der Waals surface area (Å²) in [7, 11) is 0. The fourth-order valence-corrected chi connectivity index (χ4v) is 4.00. The van der Waals surface area contributed by atoms with Crippen LogP contribution in [0.4, 0.5) is 0 Å². The van der Waals surface area contributed by atoms with Gasteiger partial charge in [0.25, 0.3) is 0 Å². The molecular weight excluding hydrogens is 348 g/mol. The van der Waals surface area contributed by atoms with Gasteiger partial charge in [-0.2, -0.15) is 5.26 Å². The normalized spacial score (nSPS) is 17.0. The minimum absolute atomic E-state index is 0.0162. The van der Waals surface area contributed by atoms with E-state index in [0.717, 1.165) is 5.56 Å². The van der Waals surface area contributed by atoms with Crippen molar-refractivity contribution in [3.63, 3.8) is 0 Å². The molecule has 1 unspecified atom stereocenters. The number of aromatic nitrogens is 1. The molecule has 1 fully saturated rings. The molecule has 140 valence electrons. The first-order valence-electron chi connectivity index (χ1n) is 8.73. The van der Waals surface area contributed by atoms with E-state index in [9.17, 15) is 9.59 Å². The Balaban J connectivity index is 2.12. The molecule has 0 bridgehead atoms. The lowest BCUT2D eigenvalue weighted by atomic mass is 9.91.